The van der Waals surface area contributed by atoms with Crippen LogP contribution in [-0.2, 0) is 23.7 Å². The number of rotatable bonds is 52. The van der Waals surface area contributed by atoms with E-state index in [4.69, 9.17) is 18.9 Å². The molecule has 14 nitrogen and oxygen atoms in total. The van der Waals surface area contributed by atoms with Crippen LogP contribution in [0.3, 0.4) is 0 Å². The van der Waals surface area contributed by atoms with E-state index < -0.39 is 86.8 Å². The lowest BCUT2D eigenvalue weighted by molar-refractivity contribution is -0.359. The highest BCUT2D eigenvalue weighted by Crippen LogP contribution is 2.30. The van der Waals surface area contributed by atoms with Crippen molar-refractivity contribution in [3.05, 3.63) is 134 Å². The first-order chi connectivity index (χ1) is 42.1. The zero-order valence-corrected chi connectivity index (χ0v) is 53.0. The predicted octanol–water partition coefficient (Wildman–Crippen LogP) is 13.1. The average molecular weight is 1210 g/mol. The number of aliphatic hydroxyl groups is 8. The van der Waals surface area contributed by atoms with Crippen LogP contribution in [0.1, 0.15) is 219 Å². The number of carbonyl (C=O) groups is 1. The minimum absolute atomic E-state index is 0.225. The van der Waals surface area contributed by atoms with E-state index >= 15 is 0 Å². The molecule has 0 aromatic carbocycles. The van der Waals surface area contributed by atoms with Crippen LogP contribution < -0.4 is 5.32 Å². The highest BCUT2D eigenvalue weighted by Gasteiger charge is 2.51. The van der Waals surface area contributed by atoms with Crippen LogP contribution >= 0.6 is 0 Å². The van der Waals surface area contributed by atoms with Gasteiger partial charge < -0.3 is 65.1 Å². The fourth-order valence-corrected chi connectivity index (χ4v) is 10.1. The number of nitrogens with one attached hydrogen (secondary N) is 1. The second-order valence-corrected chi connectivity index (χ2v) is 22.9. The van der Waals surface area contributed by atoms with Gasteiger partial charge in [-0.15, -0.1) is 0 Å². The minimum Gasteiger partial charge on any atom is -0.394 e. The molecule has 12 atom stereocenters. The second-order valence-electron chi connectivity index (χ2n) is 22.9. The number of carbonyl (C=O) groups excluding carboxylic acids is 1. The zero-order chi connectivity index (χ0) is 62.3. The predicted molar refractivity (Wildman–Crippen MR) is 350 cm³/mol. The van der Waals surface area contributed by atoms with Crippen LogP contribution in [0.5, 0.6) is 0 Å². The molecule has 14 heteroatoms. The molecule has 2 rings (SSSR count). The van der Waals surface area contributed by atoms with Gasteiger partial charge in [-0.2, -0.15) is 0 Å². The van der Waals surface area contributed by atoms with Crippen LogP contribution in [0.2, 0.25) is 0 Å². The van der Waals surface area contributed by atoms with Gasteiger partial charge in [-0.25, -0.2) is 0 Å². The molecule has 2 aliphatic rings. The van der Waals surface area contributed by atoms with Gasteiger partial charge in [-0.05, 0) is 96.3 Å². The molecular weight excluding hydrogens is 1090 g/mol. The van der Waals surface area contributed by atoms with Crippen molar-refractivity contribution < 1.29 is 64.6 Å². The summed E-state index contributed by atoms with van der Waals surface area (Å²) in [6.07, 6.45) is 64.7. The van der Waals surface area contributed by atoms with Crippen molar-refractivity contribution in [1.82, 2.24) is 5.32 Å². The van der Waals surface area contributed by atoms with Crippen LogP contribution in [0.25, 0.3) is 0 Å². The lowest BCUT2D eigenvalue weighted by atomic mass is 9.97. The molecule has 0 radical (unpaired) electrons. The van der Waals surface area contributed by atoms with Crippen LogP contribution in [0, 0.1) is 0 Å². The number of aliphatic hydroxyl groups excluding tert-OH is 8. The Labute approximate surface area is 520 Å². The lowest BCUT2D eigenvalue weighted by Crippen LogP contribution is -2.65. The molecule has 0 saturated carbocycles. The molecule has 1 amide bonds. The Balaban J connectivity index is 1.60. The molecule has 0 aliphatic carbocycles. The number of unbranched alkanes of at least 4 members (excludes halogenated alkanes) is 17. The SMILES string of the molecule is CC/C=C\C/C=C\C/C=C\C/C=C\C/C=C\C/C=C\C/C=C\C/C=C\C/C=C\C/C=C\C/C=C\CCCCCCCCCC(=O)NC(COC1OC(CO)C(OC2OC(CO)C(O)C(O)C2O)C(O)C1O)C(O)CCCCCCCCCCCCC. The van der Waals surface area contributed by atoms with Crippen LogP contribution in [0.4, 0.5) is 0 Å². The Kier molecular flexibility index (Phi) is 50.2. The maximum atomic E-state index is 13.3. The number of amides is 1. The summed E-state index contributed by atoms with van der Waals surface area (Å²) in [5.74, 6) is -0.225. The molecule has 0 spiro atoms. The van der Waals surface area contributed by atoms with Gasteiger partial charge in [0.05, 0.1) is 32.0 Å². The number of ether oxygens (including phenoxy) is 4. The van der Waals surface area contributed by atoms with Gasteiger partial charge in [-0.3, -0.25) is 4.79 Å². The Hall–Kier alpha value is -3.87. The number of hydrogen-bond acceptors (Lipinski definition) is 13. The van der Waals surface area contributed by atoms with Gasteiger partial charge in [0, 0.05) is 6.42 Å². The molecule has 12 unspecified atom stereocenters. The highest BCUT2D eigenvalue weighted by molar-refractivity contribution is 5.76. The van der Waals surface area contributed by atoms with Gasteiger partial charge in [0.15, 0.2) is 12.6 Å². The first kappa shape index (κ1) is 78.2. The third-order valence-electron chi connectivity index (χ3n) is 15.4. The fourth-order valence-electron chi connectivity index (χ4n) is 10.1. The summed E-state index contributed by atoms with van der Waals surface area (Å²) in [6, 6.07) is -0.843. The van der Waals surface area contributed by atoms with Gasteiger partial charge in [0.25, 0.3) is 0 Å². The first-order valence-corrected chi connectivity index (χ1v) is 33.4. The molecule has 9 N–H and O–H groups in total. The van der Waals surface area contributed by atoms with Crippen molar-refractivity contribution in [3.8, 4) is 0 Å². The normalized spacial score (nSPS) is 24.3. The quantitative estimate of drug-likeness (QED) is 0.0204. The summed E-state index contributed by atoms with van der Waals surface area (Å²) in [4.78, 5) is 13.3. The summed E-state index contributed by atoms with van der Waals surface area (Å²) in [5, 5.41) is 87.2. The minimum atomic E-state index is -1.79. The molecule has 2 aliphatic heterocycles. The first-order valence-electron chi connectivity index (χ1n) is 33.4. The summed E-state index contributed by atoms with van der Waals surface area (Å²) in [7, 11) is 0. The van der Waals surface area contributed by atoms with Gasteiger partial charge in [0.1, 0.15) is 48.8 Å². The fraction of sp³-hybridized carbons (Fsp3) is 0.681. The monoisotopic (exact) mass is 1210 g/mol. The maximum absolute atomic E-state index is 13.3. The summed E-state index contributed by atoms with van der Waals surface area (Å²) < 4.78 is 22.8. The average Bonchev–Trinajstić information content (AvgIpc) is 1.60. The molecule has 2 saturated heterocycles. The molecule has 0 aromatic rings. The lowest BCUT2D eigenvalue weighted by Gasteiger charge is -2.46. The Bertz CT molecular complexity index is 1950. The third kappa shape index (κ3) is 39.2. The van der Waals surface area contributed by atoms with E-state index in [-0.39, 0.29) is 18.9 Å². The molecule has 86 heavy (non-hydrogen) atoms. The van der Waals surface area contributed by atoms with Gasteiger partial charge >= 0.3 is 0 Å². The van der Waals surface area contributed by atoms with E-state index in [1.165, 1.54) is 51.4 Å². The standard InChI is InChI=1S/C72H119NO13/c1-3-5-7-9-11-13-15-16-17-18-19-20-21-22-23-24-25-26-27-28-29-30-31-32-33-34-35-36-37-38-39-40-41-42-43-44-46-48-50-52-54-56-64(77)73-60(61(76)55-53-51-49-47-45-14-12-10-8-6-4-2)59-83-71-69(82)67(80)70(63(58-75)85-71)86-72-68(81)66(79)65(78)62(57-74)84-72/h5,7,11,13,16-17,19-20,22-23,25-26,28-29,31-32,34-35,37-38,40-41,60-63,65-72,74-76,78-82H,3-4,6,8-10,12,14-15,18,21,24,27,30,33,36,39,42-59H2,1-2H3,(H,73,77)/b7-5-,13-11-,17-16-,20-19-,23-22-,26-25-,29-28-,32-31-,35-34-,38-37-,41-40-. The second kappa shape index (κ2) is 55.2. The van der Waals surface area contributed by atoms with Crippen LogP contribution in [-0.4, -0.2) is 140 Å². The maximum Gasteiger partial charge on any atom is 0.220 e. The smallest absolute Gasteiger partial charge is 0.220 e. The van der Waals surface area contributed by atoms with Crippen molar-refractivity contribution in [1.29, 1.82) is 0 Å². The van der Waals surface area contributed by atoms with Crippen molar-refractivity contribution >= 4 is 5.91 Å². The molecule has 2 fully saturated rings. The van der Waals surface area contributed by atoms with Crippen molar-refractivity contribution in [2.24, 2.45) is 0 Å². The van der Waals surface area contributed by atoms with Gasteiger partial charge in [0.2, 0.25) is 5.91 Å². The topological polar surface area (TPSA) is 228 Å². The van der Waals surface area contributed by atoms with E-state index in [2.05, 4.69) is 153 Å². The van der Waals surface area contributed by atoms with E-state index in [1.54, 1.807) is 0 Å². The van der Waals surface area contributed by atoms with Crippen molar-refractivity contribution in [3.63, 3.8) is 0 Å². The van der Waals surface area contributed by atoms with E-state index in [1.807, 2.05) is 0 Å². The molecule has 2 heterocycles. The molecular formula is C72H119NO13. The Morgan fingerprint density at radius 3 is 1.23 bits per heavy atom. The van der Waals surface area contributed by atoms with Gasteiger partial charge in [-0.1, -0.05) is 250 Å². The zero-order valence-electron chi connectivity index (χ0n) is 53.0. The van der Waals surface area contributed by atoms with E-state index in [0.29, 0.717) is 12.8 Å². The summed E-state index contributed by atoms with van der Waals surface area (Å²) >= 11 is 0. The van der Waals surface area contributed by atoms with Crippen molar-refractivity contribution in [2.75, 3.05) is 19.8 Å². The Morgan fingerprint density at radius 1 is 0.430 bits per heavy atom. The Morgan fingerprint density at radius 2 is 0.802 bits per heavy atom. The van der Waals surface area contributed by atoms with E-state index in [9.17, 15) is 45.6 Å². The molecule has 0 aromatic heterocycles. The number of hydrogen-bond donors (Lipinski definition) is 9. The molecule has 490 valence electrons. The number of allylic oxidation sites excluding steroid dienone is 22. The van der Waals surface area contributed by atoms with Crippen LogP contribution in [0.15, 0.2) is 134 Å². The van der Waals surface area contributed by atoms with E-state index in [0.717, 1.165) is 135 Å². The summed E-state index contributed by atoms with van der Waals surface area (Å²) in [5.41, 5.74) is 0. The molecule has 0 bridgehead atoms. The largest absolute Gasteiger partial charge is 0.394 e. The third-order valence-corrected chi connectivity index (χ3v) is 15.4. The highest BCUT2D eigenvalue weighted by atomic mass is 16.7. The van der Waals surface area contributed by atoms with Crippen molar-refractivity contribution in [2.45, 2.75) is 293 Å². The summed E-state index contributed by atoms with van der Waals surface area (Å²) in [6.45, 7) is 2.71.